The van der Waals surface area contributed by atoms with Crippen molar-refractivity contribution in [2.75, 3.05) is 0 Å². The van der Waals surface area contributed by atoms with Crippen molar-refractivity contribution < 1.29 is 4.79 Å². The molecular formula is C14H14N2O. The molecule has 0 aromatic carbocycles. The van der Waals surface area contributed by atoms with Crippen molar-refractivity contribution in [1.29, 1.82) is 0 Å². The summed E-state index contributed by atoms with van der Waals surface area (Å²) in [5.74, 6) is -0.116. The molecule has 0 unspecified atom stereocenters. The van der Waals surface area contributed by atoms with Crippen LogP contribution in [-0.4, -0.2) is 10.8 Å². The van der Waals surface area contributed by atoms with Crippen LogP contribution in [0.15, 0.2) is 49.2 Å². The van der Waals surface area contributed by atoms with Gasteiger partial charge in [0.2, 0.25) is 5.78 Å². The van der Waals surface area contributed by atoms with Crippen molar-refractivity contribution in [3.63, 3.8) is 0 Å². The van der Waals surface area contributed by atoms with E-state index >= 15 is 0 Å². The number of nitrogens with zero attached hydrogens (tertiary/aromatic N) is 1. The maximum absolute atomic E-state index is 12.1. The number of ketones is 1. The lowest BCUT2D eigenvalue weighted by atomic mass is 10.0. The molecule has 86 valence electrons. The van der Waals surface area contributed by atoms with Crippen LogP contribution >= 0.6 is 0 Å². The van der Waals surface area contributed by atoms with Gasteiger partial charge in [0.1, 0.15) is 5.69 Å². The molecule has 3 heteroatoms. The highest BCUT2D eigenvalue weighted by Gasteiger charge is 2.16. The van der Waals surface area contributed by atoms with Crippen LogP contribution in [0.4, 0.5) is 0 Å². The van der Waals surface area contributed by atoms with Gasteiger partial charge in [-0.2, -0.15) is 0 Å². The van der Waals surface area contributed by atoms with Gasteiger partial charge in [0, 0.05) is 24.9 Å². The molecule has 0 saturated heterocycles. The molecular weight excluding hydrogens is 212 g/mol. The van der Waals surface area contributed by atoms with Gasteiger partial charge in [0.05, 0.1) is 0 Å². The first-order chi connectivity index (χ1) is 8.26. The number of carbonyl (C=O) groups is 1. The van der Waals surface area contributed by atoms with Crippen LogP contribution in [0.5, 0.6) is 0 Å². The lowest BCUT2D eigenvalue weighted by Gasteiger charge is -2.03. The number of allylic oxidation sites excluding steroid dienone is 4. The van der Waals surface area contributed by atoms with Gasteiger partial charge >= 0.3 is 0 Å². The highest BCUT2D eigenvalue weighted by molar-refractivity contribution is 6.09. The van der Waals surface area contributed by atoms with E-state index in [4.69, 9.17) is 0 Å². The predicted octanol–water partition coefficient (Wildman–Crippen LogP) is 2.17. The zero-order valence-electron chi connectivity index (χ0n) is 9.57. The van der Waals surface area contributed by atoms with Gasteiger partial charge in [0.15, 0.2) is 0 Å². The third-order valence-electron chi connectivity index (χ3n) is 2.73. The zero-order chi connectivity index (χ0) is 12.3. The molecule has 0 amide bonds. The van der Waals surface area contributed by atoms with E-state index in [9.17, 15) is 4.79 Å². The van der Waals surface area contributed by atoms with Crippen LogP contribution in [0.2, 0.25) is 0 Å². The number of rotatable bonds is 4. The van der Waals surface area contributed by atoms with Crippen LogP contribution in [0.1, 0.15) is 21.6 Å². The molecule has 1 aliphatic rings. The first-order valence-corrected chi connectivity index (χ1v) is 5.44. The molecule has 2 rings (SSSR count). The van der Waals surface area contributed by atoms with E-state index in [0.29, 0.717) is 11.3 Å². The van der Waals surface area contributed by atoms with Crippen LogP contribution in [-0.2, 0) is 13.1 Å². The smallest absolute Gasteiger partial charge is 0.211 e. The lowest BCUT2D eigenvalue weighted by Crippen LogP contribution is -2.05. The van der Waals surface area contributed by atoms with Crippen LogP contribution in [0.3, 0.4) is 0 Å². The summed E-state index contributed by atoms with van der Waals surface area (Å²) in [4.78, 5) is 16.3. The lowest BCUT2D eigenvalue weighted by molar-refractivity contribution is 0.103. The number of nitrogens with one attached hydrogen (secondary N) is 1. The SMILES string of the molecule is C=C/C=C(\C=C)C(=O)c1cc2c(cn1)CNC2. The Hall–Kier alpha value is -2.00. The van der Waals surface area contributed by atoms with Gasteiger partial charge in [-0.25, -0.2) is 0 Å². The standard InChI is InChI=1S/C14H14N2O/c1-3-5-10(4-2)14(17)13-6-11-7-15-8-12(11)9-16-13/h3-6,9,15H,1-2,7-8H2/b10-5+. The van der Waals surface area contributed by atoms with Gasteiger partial charge in [0.25, 0.3) is 0 Å². The average Bonchev–Trinajstić information content (AvgIpc) is 2.82. The Labute approximate surface area is 101 Å². The number of aromatic nitrogens is 1. The van der Waals surface area contributed by atoms with E-state index in [1.807, 2.05) is 6.07 Å². The summed E-state index contributed by atoms with van der Waals surface area (Å²) in [7, 11) is 0. The van der Waals surface area contributed by atoms with Crippen molar-refractivity contribution in [3.8, 4) is 0 Å². The van der Waals surface area contributed by atoms with Gasteiger partial charge < -0.3 is 5.32 Å². The van der Waals surface area contributed by atoms with Crippen molar-refractivity contribution >= 4 is 5.78 Å². The zero-order valence-corrected chi connectivity index (χ0v) is 9.57. The first kappa shape index (κ1) is 11.5. The van der Waals surface area contributed by atoms with Gasteiger partial charge in [-0.1, -0.05) is 31.4 Å². The molecule has 0 spiro atoms. The summed E-state index contributed by atoms with van der Waals surface area (Å²) >= 11 is 0. The molecule has 1 N–H and O–H groups in total. The maximum atomic E-state index is 12.1. The van der Waals surface area contributed by atoms with E-state index < -0.39 is 0 Å². The molecule has 0 radical (unpaired) electrons. The molecule has 1 aromatic rings. The Morgan fingerprint density at radius 3 is 2.82 bits per heavy atom. The minimum atomic E-state index is -0.116. The number of fused-ring (bicyclic) bond motifs is 1. The number of carbonyl (C=O) groups excluding carboxylic acids is 1. The second-order valence-electron chi connectivity index (χ2n) is 3.83. The Kier molecular flexibility index (Phi) is 3.30. The van der Waals surface area contributed by atoms with Gasteiger partial charge in [-0.05, 0) is 17.2 Å². The van der Waals surface area contributed by atoms with Crippen LogP contribution in [0.25, 0.3) is 0 Å². The summed E-state index contributed by atoms with van der Waals surface area (Å²) in [5, 5.41) is 3.22. The summed E-state index contributed by atoms with van der Waals surface area (Å²) in [6.45, 7) is 8.82. The summed E-state index contributed by atoms with van der Waals surface area (Å²) in [6.07, 6.45) is 6.50. The first-order valence-electron chi connectivity index (χ1n) is 5.44. The normalized spacial score (nSPS) is 14.2. The van der Waals surface area contributed by atoms with Crippen molar-refractivity contribution in [2.45, 2.75) is 13.1 Å². The molecule has 3 nitrogen and oxygen atoms in total. The van der Waals surface area contributed by atoms with E-state index in [0.717, 1.165) is 24.2 Å². The monoisotopic (exact) mass is 226 g/mol. The largest absolute Gasteiger partial charge is 0.309 e. The van der Waals surface area contributed by atoms with Crippen molar-refractivity contribution in [2.24, 2.45) is 0 Å². The molecule has 2 heterocycles. The predicted molar refractivity (Wildman–Crippen MR) is 67.6 cm³/mol. The third-order valence-corrected chi connectivity index (χ3v) is 2.73. The Bertz CT molecular complexity index is 515. The number of hydrogen-bond acceptors (Lipinski definition) is 3. The van der Waals surface area contributed by atoms with E-state index in [1.54, 1.807) is 18.3 Å². The topological polar surface area (TPSA) is 42.0 Å². The van der Waals surface area contributed by atoms with Crippen molar-refractivity contribution in [1.82, 2.24) is 10.3 Å². The third kappa shape index (κ3) is 2.24. The fourth-order valence-corrected chi connectivity index (χ4v) is 1.82. The van der Waals surface area contributed by atoms with Crippen LogP contribution < -0.4 is 5.32 Å². The second-order valence-corrected chi connectivity index (χ2v) is 3.83. The fraction of sp³-hybridized carbons (Fsp3) is 0.143. The molecule has 1 aliphatic heterocycles. The second kappa shape index (κ2) is 4.89. The Morgan fingerprint density at radius 1 is 1.35 bits per heavy atom. The van der Waals surface area contributed by atoms with Crippen LogP contribution in [0, 0.1) is 0 Å². The molecule has 0 saturated carbocycles. The molecule has 17 heavy (non-hydrogen) atoms. The van der Waals surface area contributed by atoms with E-state index in [2.05, 4.69) is 23.5 Å². The number of Topliss-reactive ketones (excluding diaryl/α,β-unsaturated/α-hetero) is 1. The fourth-order valence-electron chi connectivity index (χ4n) is 1.82. The molecule has 0 atom stereocenters. The van der Waals surface area contributed by atoms with E-state index in [-0.39, 0.29) is 5.78 Å². The minimum Gasteiger partial charge on any atom is -0.309 e. The summed E-state index contributed by atoms with van der Waals surface area (Å²) in [6, 6.07) is 1.85. The number of hydrogen-bond donors (Lipinski definition) is 1. The highest BCUT2D eigenvalue weighted by atomic mass is 16.1. The van der Waals surface area contributed by atoms with Gasteiger partial charge in [-0.3, -0.25) is 9.78 Å². The minimum absolute atomic E-state index is 0.116. The number of pyridine rings is 1. The molecule has 0 bridgehead atoms. The Balaban J connectivity index is 2.34. The molecule has 0 aliphatic carbocycles. The molecule has 0 fully saturated rings. The van der Waals surface area contributed by atoms with Gasteiger partial charge in [-0.15, -0.1) is 0 Å². The van der Waals surface area contributed by atoms with Crippen molar-refractivity contribution in [3.05, 3.63) is 66.0 Å². The average molecular weight is 226 g/mol. The Morgan fingerprint density at radius 2 is 2.12 bits per heavy atom. The summed E-state index contributed by atoms with van der Waals surface area (Å²) in [5.41, 5.74) is 3.28. The quantitative estimate of drug-likeness (QED) is 0.486. The molecule has 1 aromatic heterocycles. The van der Waals surface area contributed by atoms with E-state index in [1.165, 1.54) is 6.08 Å². The highest BCUT2D eigenvalue weighted by Crippen LogP contribution is 2.17. The summed E-state index contributed by atoms with van der Waals surface area (Å²) < 4.78 is 0. The maximum Gasteiger partial charge on any atom is 0.211 e.